The van der Waals surface area contributed by atoms with Gasteiger partial charge in [0.1, 0.15) is 6.04 Å². The summed E-state index contributed by atoms with van der Waals surface area (Å²) in [5, 5.41) is 3.13. The van der Waals surface area contributed by atoms with E-state index in [-0.39, 0.29) is 23.8 Å². The summed E-state index contributed by atoms with van der Waals surface area (Å²) in [5.74, 6) is 0.826. The molecule has 2 saturated heterocycles. The van der Waals surface area contributed by atoms with Gasteiger partial charge in [-0.1, -0.05) is 13.8 Å². The van der Waals surface area contributed by atoms with E-state index in [0.29, 0.717) is 18.4 Å². The molecule has 0 saturated carbocycles. The zero-order valence-electron chi connectivity index (χ0n) is 15.2. The van der Waals surface area contributed by atoms with E-state index in [9.17, 15) is 9.59 Å². The molecule has 5 nitrogen and oxygen atoms in total. The van der Waals surface area contributed by atoms with Crippen molar-refractivity contribution < 1.29 is 9.59 Å². The van der Waals surface area contributed by atoms with Gasteiger partial charge in [0.05, 0.1) is 0 Å². The van der Waals surface area contributed by atoms with Crippen molar-refractivity contribution in [1.82, 2.24) is 15.1 Å². The number of carbonyl (C=O) groups is 2. The smallest absolute Gasteiger partial charge is 0.243 e. The lowest BCUT2D eigenvalue weighted by Gasteiger charge is -2.36. The topological polar surface area (TPSA) is 52.7 Å². The monoisotopic (exact) mass is 323 g/mol. The van der Waals surface area contributed by atoms with Crippen LogP contribution in [-0.2, 0) is 9.59 Å². The first kappa shape index (κ1) is 18.2. The summed E-state index contributed by atoms with van der Waals surface area (Å²) < 4.78 is 0. The molecular weight excluding hydrogens is 290 g/mol. The lowest BCUT2D eigenvalue weighted by molar-refractivity contribution is -0.139. The molecule has 0 bridgehead atoms. The molecule has 2 amide bonds. The number of piperidine rings is 1. The van der Waals surface area contributed by atoms with Crippen LogP contribution in [0.2, 0.25) is 0 Å². The molecule has 0 aromatic carbocycles. The van der Waals surface area contributed by atoms with Gasteiger partial charge >= 0.3 is 0 Å². The van der Waals surface area contributed by atoms with Crippen LogP contribution in [0.15, 0.2) is 0 Å². The molecule has 2 atom stereocenters. The van der Waals surface area contributed by atoms with E-state index in [1.807, 2.05) is 13.8 Å². The van der Waals surface area contributed by atoms with Crippen molar-refractivity contribution in [3.05, 3.63) is 0 Å². The molecule has 1 N–H and O–H groups in total. The van der Waals surface area contributed by atoms with Gasteiger partial charge in [-0.3, -0.25) is 9.59 Å². The maximum absolute atomic E-state index is 12.7. The SMILES string of the molecule is CC(C)C(C(=O)NCC1CCCN(C(C)C)C1)N1CCCC1=O. The highest BCUT2D eigenvalue weighted by molar-refractivity contribution is 5.88. The molecule has 0 aromatic heterocycles. The van der Waals surface area contributed by atoms with Gasteiger partial charge in [-0.15, -0.1) is 0 Å². The van der Waals surface area contributed by atoms with Crippen LogP contribution >= 0.6 is 0 Å². The molecule has 0 radical (unpaired) electrons. The lowest BCUT2D eigenvalue weighted by atomic mass is 9.96. The molecule has 2 aliphatic rings. The first-order valence-electron chi connectivity index (χ1n) is 9.21. The molecule has 2 unspecified atom stereocenters. The average Bonchev–Trinajstić information content (AvgIpc) is 2.91. The Labute approximate surface area is 140 Å². The fourth-order valence-corrected chi connectivity index (χ4v) is 3.85. The van der Waals surface area contributed by atoms with Gasteiger partial charge in [0.25, 0.3) is 0 Å². The van der Waals surface area contributed by atoms with Crippen LogP contribution in [0.5, 0.6) is 0 Å². The molecule has 2 fully saturated rings. The second kappa shape index (κ2) is 8.13. The van der Waals surface area contributed by atoms with Crippen molar-refractivity contribution in [2.24, 2.45) is 11.8 Å². The molecule has 2 heterocycles. The van der Waals surface area contributed by atoms with Gasteiger partial charge in [0, 0.05) is 32.1 Å². The van der Waals surface area contributed by atoms with Crippen LogP contribution in [0.4, 0.5) is 0 Å². The minimum atomic E-state index is -0.310. The van der Waals surface area contributed by atoms with Crippen LogP contribution in [-0.4, -0.2) is 59.9 Å². The van der Waals surface area contributed by atoms with E-state index in [1.165, 1.54) is 19.4 Å². The number of hydrogen-bond acceptors (Lipinski definition) is 3. The minimum Gasteiger partial charge on any atom is -0.354 e. The molecular formula is C18H33N3O2. The van der Waals surface area contributed by atoms with Crippen LogP contribution < -0.4 is 5.32 Å². The highest BCUT2D eigenvalue weighted by atomic mass is 16.2. The van der Waals surface area contributed by atoms with Crippen LogP contribution in [0, 0.1) is 11.8 Å². The molecule has 23 heavy (non-hydrogen) atoms. The third kappa shape index (κ3) is 4.69. The Morgan fingerprint density at radius 1 is 1.22 bits per heavy atom. The van der Waals surface area contributed by atoms with E-state index in [4.69, 9.17) is 0 Å². The Morgan fingerprint density at radius 3 is 2.52 bits per heavy atom. The van der Waals surface area contributed by atoms with E-state index in [0.717, 1.165) is 26.1 Å². The molecule has 132 valence electrons. The number of carbonyl (C=O) groups excluding carboxylic acids is 2. The number of rotatable bonds is 6. The average molecular weight is 323 g/mol. The fraction of sp³-hybridized carbons (Fsp3) is 0.889. The minimum absolute atomic E-state index is 0.0249. The third-order valence-corrected chi connectivity index (χ3v) is 5.19. The summed E-state index contributed by atoms with van der Waals surface area (Å²) in [6.45, 7) is 12.2. The van der Waals surface area contributed by atoms with Gasteiger partial charge in [0.15, 0.2) is 0 Å². The Bertz CT molecular complexity index is 422. The van der Waals surface area contributed by atoms with Crippen LogP contribution in [0.1, 0.15) is 53.4 Å². The molecule has 5 heteroatoms. The van der Waals surface area contributed by atoms with Crippen molar-refractivity contribution in [2.75, 3.05) is 26.2 Å². The predicted molar refractivity (Wildman–Crippen MR) is 92.0 cm³/mol. The zero-order chi connectivity index (χ0) is 17.0. The highest BCUT2D eigenvalue weighted by Crippen LogP contribution is 2.20. The molecule has 2 aliphatic heterocycles. The molecule has 0 aromatic rings. The standard InChI is InChI=1S/C18H33N3O2/c1-13(2)17(21-10-6-8-16(21)22)18(23)19-11-15-7-5-9-20(12-15)14(3)4/h13-15,17H,5-12H2,1-4H3,(H,19,23). The van der Waals surface area contributed by atoms with Crippen molar-refractivity contribution in [3.63, 3.8) is 0 Å². The van der Waals surface area contributed by atoms with Gasteiger partial charge in [-0.05, 0) is 51.5 Å². The second-order valence-corrected chi connectivity index (χ2v) is 7.72. The van der Waals surface area contributed by atoms with Gasteiger partial charge in [-0.25, -0.2) is 0 Å². The maximum atomic E-state index is 12.7. The predicted octanol–water partition coefficient (Wildman–Crippen LogP) is 1.87. The summed E-state index contributed by atoms with van der Waals surface area (Å²) in [6.07, 6.45) is 3.85. The Hall–Kier alpha value is -1.10. The Morgan fingerprint density at radius 2 is 1.96 bits per heavy atom. The first-order chi connectivity index (χ1) is 10.9. The van der Waals surface area contributed by atoms with E-state index in [1.54, 1.807) is 4.90 Å². The Kier molecular flexibility index (Phi) is 6.45. The quantitative estimate of drug-likeness (QED) is 0.812. The number of likely N-dealkylation sites (tertiary alicyclic amines) is 2. The fourth-order valence-electron chi connectivity index (χ4n) is 3.85. The van der Waals surface area contributed by atoms with E-state index in [2.05, 4.69) is 24.1 Å². The summed E-state index contributed by atoms with van der Waals surface area (Å²) in [6, 6.07) is 0.258. The second-order valence-electron chi connectivity index (χ2n) is 7.72. The number of hydrogen-bond donors (Lipinski definition) is 1. The third-order valence-electron chi connectivity index (χ3n) is 5.19. The van der Waals surface area contributed by atoms with Crippen LogP contribution in [0.3, 0.4) is 0 Å². The van der Waals surface area contributed by atoms with Gasteiger partial charge in [0.2, 0.25) is 11.8 Å². The molecule has 0 aliphatic carbocycles. The summed E-state index contributed by atoms with van der Waals surface area (Å²) in [7, 11) is 0. The van der Waals surface area contributed by atoms with Gasteiger partial charge < -0.3 is 15.1 Å². The normalized spacial score (nSPS) is 24.5. The summed E-state index contributed by atoms with van der Waals surface area (Å²) >= 11 is 0. The number of nitrogens with zero attached hydrogens (tertiary/aromatic N) is 2. The van der Waals surface area contributed by atoms with Crippen molar-refractivity contribution in [2.45, 2.75) is 65.5 Å². The lowest BCUT2D eigenvalue weighted by Crippen LogP contribution is -2.52. The van der Waals surface area contributed by atoms with Crippen molar-refractivity contribution >= 4 is 11.8 Å². The van der Waals surface area contributed by atoms with Crippen molar-refractivity contribution in [1.29, 1.82) is 0 Å². The highest BCUT2D eigenvalue weighted by Gasteiger charge is 2.35. The molecule has 0 spiro atoms. The largest absolute Gasteiger partial charge is 0.354 e. The summed E-state index contributed by atoms with van der Waals surface area (Å²) in [5.41, 5.74) is 0. The van der Waals surface area contributed by atoms with Crippen LogP contribution in [0.25, 0.3) is 0 Å². The van der Waals surface area contributed by atoms with E-state index < -0.39 is 0 Å². The maximum Gasteiger partial charge on any atom is 0.243 e. The van der Waals surface area contributed by atoms with E-state index >= 15 is 0 Å². The number of nitrogens with one attached hydrogen (secondary N) is 1. The molecule has 2 rings (SSSR count). The van der Waals surface area contributed by atoms with Gasteiger partial charge in [-0.2, -0.15) is 0 Å². The number of amides is 2. The zero-order valence-corrected chi connectivity index (χ0v) is 15.2. The first-order valence-corrected chi connectivity index (χ1v) is 9.21. The Balaban J connectivity index is 1.88. The summed E-state index contributed by atoms with van der Waals surface area (Å²) in [4.78, 5) is 28.9. The van der Waals surface area contributed by atoms with Crippen molar-refractivity contribution in [3.8, 4) is 0 Å².